The smallest absolute Gasteiger partial charge is 0.0165 e. The average molecular weight is 807 g/mol. The Bertz CT molecular complexity index is 3420. The van der Waals surface area contributed by atoms with E-state index in [1.165, 1.54) is 122 Å². The number of rotatable bonds is 3. The molecule has 0 aliphatic heterocycles. The molecule has 2 atom stereocenters. The van der Waals surface area contributed by atoms with Gasteiger partial charge in [0.25, 0.3) is 0 Å². The first-order valence-corrected chi connectivity index (χ1v) is 22.9. The molecule has 0 amide bonds. The van der Waals surface area contributed by atoms with Crippen LogP contribution in [0.2, 0.25) is 0 Å². The Morgan fingerprint density at radius 1 is 0.349 bits per heavy atom. The van der Waals surface area contributed by atoms with Crippen LogP contribution in [-0.4, -0.2) is 0 Å². The number of fused-ring (bicyclic) bond motifs is 13. The van der Waals surface area contributed by atoms with Gasteiger partial charge < -0.3 is 0 Å². The zero-order chi connectivity index (χ0) is 42.6. The van der Waals surface area contributed by atoms with Gasteiger partial charge >= 0.3 is 0 Å². The highest BCUT2D eigenvalue weighted by molar-refractivity contribution is 6.19. The molecular weight excluding hydrogens is 757 g/mol. The summed E-state index contributed by atoms with van der Waals surface area (Å²) in [6.45, 7) is 14.6. The average Bonchev–Trinajstić information content (AvgIpc) is 3.79. The number of hydrogen-bond donors (Lipinski definition) is 0. The molecule has 0 radical (unpaired) electrons. The fourth-order valence-corrected chi connectivity index (χ4v) is 13.0. The van der Waals surface area contributed by atoms with Crippen molar-refractivity contribution in [3.05, 3.63) is 221 Å². The van der Waals surface area contributed by atoms with E-state index in [0.29, 0.717) is 11.8 Å². The number of hydrogen-bond acceptors (Lipinski definition) is 0. The van der Waals surface area contributed by atoms with Crippen LogP contribution < -0.4 is 0 Å². The van der Waals surface area contributed by atoms with Crippen LogP contribution in [0.1, 0.15) is 80.5 Å². The number of allylic oxidation sites excluding steroid dienone is 8. The van der Waals surface area contributed by atoms with Gasteiger partial charge in [-0.2, -0.15) is 0 Å². The minimum Gasteiger partial charge on any atom is -0.0767 e. The fraction of sp³-hybridized carbons (Fsp3) is 0.175. The van der Waals surface area contributed by atoms with E-state index in [1.54, 1.807) is 0 Å². The summed E-state index contributed by atoms with van der Waals surface area (Å²) < 4.78 is 0. The van der Waals surface area contributed by atoms with Crippen LogP contribution in [0.25, 0.3) is 82.8 Å². The Hall–Kier alpha value is -6.76. The zero-order valence-corrected chi connectivity index (χ0v) is 37.0. The van der Waals surface area contributed by atoms with Crippen LogP contribution in [0, 0.1) is 11.8 Å². The van der Waals surface area contributed by atoms with E-state index in [0.717, 1.165) is 0 Å². The van der Waals surface area contributed by atoms with E-state index in [4.69, 9.17) is 0 Å². The maximum atomic E-state index is 2.57. The molecule has 63 heavy (non-hydrogen) atoms. The maximum absolute atomic E-state index is 2.57. The SMILES string of the molecule is CC1(C)c2ccc(-c3cc4c(c5c3-c3ccccc3C5(C)C)-c3ccccc3C4(C)C)cc2-c2ccc(-c3c4ccccc4c(C4=CC=CC5C=CC=CC45)c4ccccc34)cc21. The van der Waals surface area contributed by atoms with Crippen LogP contribution >= 0.6 is 0 Å². The highest BCUT2D eigenvalue weighted by atomic mass is 14.5. The van der Waals surface area contributed by atoms with Gasteiger partial charge in [0.15, 0.2) is 0 Å². The minimum absolute atomic E-state index is 0.105. The summed E-state index contributed by atoms with van der Waals surface area (Å²) in [5, 5.41) is 5.26. The van der Waals surface area contributed by atoms with Crippen LogP contribution in [0.15, 0.2) is 182 Å². The van der Waals surface area contributed by atoms with Crippen LogP contribution in [0.3, 0.4) is 0 Å². The van der Waals surface area contributed by atoms with Gasteiger partial charge in [-0.1, -0.05) is 205 Å². The third kappa shape index (κ3) is 4.82. The first-order valence-electron chi connectivity index (χ1n) is 22.9. The van der Waals surface area contributed by atoms with Crippen LogP contribution in [0.4, 0.5) is 0 Å². The molecule has 0 aromatic heterocycles. The minimum atomic E-state index is -0.169. The van der Waals surface area contributed by atoms with Crippen molar-refractivity contribution in [2.24, 2.45) is 11.8 Å². The van der Waals surface area contributed by atoms with Crippen molar-refractivity contribution in [2.45, 2.75) is 57.8 Å². The molecule has 0 nitrogen and oxygen atoms in total. The van der Waals surface area contributed by atoms with E-state index in [2.05, 4.69) is 224 Å². The largest absolute Gasteiger partial charge is 0.0767 e. The lowest BCUT2D eigenvalue weighted by molar-refractivity contribution is 0.648. The Morgan fingerprint density at radius 3 is 1.62 bits per heavy atom. The van der Waals surface area contributed by atoms with Gasteiger partial charge in [0.2, 0.25) is 0 Å². The van der Waals surface area contributed by atoms with E-state index in [-0.39, 0.29) is 16.2 Å². The third-order valence-electron chi connectivity index (χ3n) is 16.0. The molecule has 302 valence electrons. The standard InChI is InChI=1S/C63H50/c1-61(2)53-33-31-38(49-36-55-59(48-26-14-15-28-51(48)62(55,3)4)60-58(49)47-25-13-16-29-52(47)63(60,5)6)34-50(53)41-32-30-39(35-54(41)61)56-43-21-9-11-23-45(43)57(46-24-12-10-22-44(46)56)42-27-17-19-37-18-7-8-20-40(37)42/h7-37,40H,1-6H3. The van der Waals surface area contributed by atoms with Crippen molar-refractivity contribution in [1.29, 1.82) is 0 Å². The summed E-state index contributed by atoms with van der Waals surface area (Å²) in [6.07, 6.45) is 16.1. The first-order chi connectivity index (χ1) is 30.5. The quantitative estimate of drug-likeness (QED) is 0.156. The van der Waals surface area contributed by atoms with Gasteiger partial charge in [0.1, 0.15) is 0 Å². The van der Waals surface area contributed by atoms with Crippen molar-refractivity contribution < 1.29 is 0 Å². The van der Waals surface area contributed by atoms with Crippen molar-refractivity contribution in [2.75, 3.05) is 0 Å². The van der Waals surface area contributed by atoms with Gasteiger partial charge in [-0.25, -0.2) is 0 Å². The molecule has 5 aliphatic rings. The Balaban J connectivity index is 1.00. The third-order valence-corrected chi connectivity index (χ3v) is 16.0. The molecule has 0 heterocycles. The van der Waals surface area contributed by atoms with Gasteiger partial charge in [-0.3, -0.25) is 0 Å². The molecule has 8 aromatic carbocycles. The molecule has 13 rings (SSSR count). The van der Waals surface area contributed by atoms with Gasteiger partial charge in [-0.05, 0) is 140 Å². The second-order valence-electron chi connectivity index (χ2n) is 20.3. The summed E-state index contributed by atoms with van der Waals surface area (Å²) >= 11 is 0. The van der Waals surface area contributed by atoms with E-state index in [9.17, 15) is 0 Å². The second kappa shape index (κ2) is 12.7. The molecular formula is C63H50. The molecule has 0 N–H and O–H groups in total. The highest BCUT2D eigenvalue weighted by Gasteiger charge is 2.46. The second-order valence-corrected chi connectivity index (χ2v) is 20.3. The summed E-state index contributed by atoms with van der Waals surface area (Å²) in [5.74, 6) is 0.701. The van der Waals surface area contributed by atoms with Crippen molar-refractivity contribution in [3.8, 4) is 55.6 Å². The molecule has 0 bridgehead atoms. The monoisotopic (exact) mass is 806 g/mol. The molecule has 0 spiro atoms. The Labute approximate surface area is 371 Å². The van der Waals surface area contributed by atoms with E-state index >= 15 is 0 Å². The molecule has 0 fully saturated rings. The first kappa shape index (κ1) is 36.9. The fourth-order valence-electron chi connectivity index (χ4n) is 13.0. The summed E-state index contributed by atoms with van der Waals surface area (Å²) in [5.41, 5.74) is 24.5. The lowest BCUT2D eigenvalue weighted by Gasteiger charge is -2.29. The lowest BCUT2D eigenvalue weighted by Crippen LogP contribution is -2.18. The van der Waals surface area contributed by atoms with Crippen molar-refractivity contribution >= 4 is 27.1 Å². The summed E-state index contributed by atoms with van der Waals surface area (Å²) in [7, 11) is 0. The number of benzene rings is 8. The van der Waals surface area contributed by atoms with Crippen LogP contribution in [-0.2, 0) is 16.2 Å². The summed E-state index contributed by atoms with van der Waals surface area (Å²) in [6, 6.07) is 53.9. The predicted molar refractivity (Wildman–Crippen MR) is 267 cm³/mol. The Morgan fingerprint density at radius 2 is 0.905 bits per heavy atom. The van der Waals surface area contributed by atoms with Gasteiger partial charge in [0, 0.05) is 28.1 Å². The molecule has 8 aromatic rings. The van der Waals surface area contributed by atoms with E-state index in [1.807, 2.05) is 0 Å². The Kier molecular flexibility index (Phi) is 7.41. The van der Waals surface area contributed by atoms with Gasteiger partial charge in [0.05, 0.1) is 0 Å². The normalized spacial score (nSPS) is 19.6. The molecule has 0 saturated carbocycles. The molecule has 5 aliphatic carbocycles. The van der Waals surface area contributed by atoms with Gasteiger partial charge in [-0.15, -0.1) is 0 Å². The molecule has 0 saturated heterocycles. The molecule has 2 unspecified atom stereocenters. The highest BCUT2D eigenvalue weighted by Crippen LogP contribution is 2.62. The lowest BCUT2D eigenvalue weighted by atomic mass is 9.74. The van der Waals surface area contributed by atoms with Crippen molar-refractivity contribution in [1.82, 2.24) is 0 Å². The summed E-state index contributed by atoms with van der Waals surface area (Å²) in [4.78, 5) is 0. The molecule has 0 heteroatoms. The zero-order valence-electron chi connectivity index (χ0n) is 37.0. The van der Waals surface area contributed by atoms with Crippen molar-refractivity contribution in [3.63, 3.8) is 0 Å². The maximum Gasteiger partial charge on any atom is 0.0165 e. The topological polar surface area (TPSA) is 0 Å². The predicted octanol–water partition coefficient (Wildman–Crippen LogP) is 16.6. The van der Waals surface area contributed by atoms with Crippen LogP contribution in [0.5, 0.6) is 0 Å². The van der Waals surface area contributed by atoms with E-state index < -0.39 is 0 Å².